The van der Waals surface area contributed by atoms with E-state index in [2.05, 4.69) is 32.4 Å². The van der Waals surface area contributed by atoms with Gasteiger partial charge in [0, 0.05) is 0 Å². The van der Waals surface area contributed by atoms with Gasteiger partial charge in [-0.15, -0.1) is 0 Å². The first-order valence-corrected chi connectivity index (χ1v) is 12.0. The number of hydrogen-bond acceptors (Lipinski definition) is 2. The van der Waals surface area contributed by atoms with Crippen LogP contribution < -0.4 is 4.72 Å². The Labute approximate surface area is 170 Å². The zero-order valence-corrected chi connectivity index (χ0v) is 18.4. The molecule has 0 aliphatic heterocycles. The highest BCUT2D eigenvalue weighted by molar-refractivity contribution is 7.92. The molecule has 28 heavy (non-hydrogen) atoms. The first kappa shape index (κ1) is 20.9. The fraction of sp³-hybridized carbons (Fsp3) is 0.500. The van der Waals surface area contributed by atoms with Gasteiger partial charge in [-0.1, -0.05) is 77.3 Å². The highest BCUT2D eigenvalue weighted by Gasteiger charge is 2.22. The van der Waals surface area contributed by atoms with Crippen molar-refractivity contribution >= 4 is 15.7 Å². The molecular weight excluding hydrogens is 366 g/mol. The van der Waals surface area contributed by atoms with Crippen LogP contribution in [0.4, 0.5) is 5.69 Å². The van der Waals surface area contributed by atoms with Gasteiger partial charge in [0.2, 0.25) is 0 Å². The largest absolute Gasteiger partial charge is 0.279 e. The molecule has 0 bridgehead atoms. The third-order valence-electron chi connectivity index (χ3n) is 5.88. The summed E-state index contributed by atoms with van der Waals surface area (Å²) in [5.74, 6) is 1.06. The van der Waals surface area contributed by atoms with Crippen LogP contribution in [0, 0.1) is 0 Å². The van der Waals surface area contributed by atoms with E-state index in [-0.39, 0.29) is 11.8 Å². The Morgan fingerprint density at radius 2 is 1.36 bits per heavy atom. The van der Waals surface area contributed by atoms with E-state index in [4.69, 9.17) is 0 Å². The molecule has 0 amide bonds. The Hall–Kier alpha value is -1.81. The van der Waals surface area contributed by atoms with E-state index in [0.29, 0.717) is 10.8 Å². The third kappa shape index (κ3) is 4.60. The minimum atomic E-state index is -3.62. The van der Waals surface area contributed by atoms with Gasteiger partial charge in [0.25, 0.3) is 10.0 Å². The van der Waals surface area contributed by atoms with Crippen molar-refractivity contribution in [3.63, 3.8) is 0 Å². The molecule has 1 N–H and O–H groups in total. The molecule has 3 nitrogen and oxygen atoms in total. The summed E-state index contributed by atoms with van der Waals surface area (Å²) < 4.78 is 29.2. The number of benzene rings is 2. The quantitative estimate of drug-likeness (QED) is 0.582. The second kappa shape index (κ2) is 8.69. The van der Waals surface area contributed by atoms with Gasteiger partial charge < -0.3 is 0 Å². The smallest absolute Gasteiger partial charge is 0.261 e. The maximum atomic E-state index is 13.1. The molecule has 3 rings (SSSR count). The minimum Gasteiger partial charge on any atom is -0.279 e. The van der Waals surface area contributed by atoms with E-state index in [0.717, 1.165) is 16.8 Å². The average molecular weight is 400 g/mol. The fourth-order valence-corrected chi connectivity index (χ4v) is 5.33. The van der Waals surface area contributed by atoms with Crippen LogP contribution >= 0.6 is 0 Å². The zero-order valence-electron chi connectivity index (χ0n) is 17.5. The first-order chi connectivity index (χ1) is 13.3. The van der Waals surface area contributed by atoms with Crippen molar-refractivity contribution in [3.05, 3.63) is 59.2 Å². The molecule has 0 atom stereocenters. The number of rotatable bonds is 6. The van der Waals surface area contributed by atoms with E-state index < -0.39 is 10.0 Å². The van der Waals surface area contributed by atoms with Crippen molar-refractivity contribution in [2.45, 2.75) is 82.4 Å². The summed E-state index contributed by atoms with van der Waals surface area (Å²) in [7, 11) is -3.62. The maximum Gasteiger partial charge on any atom is 0.261 e. The van der Waals surface area contributed by atoms with Crippen LogP contribution in [0.15, 0.2) is 47.4 Å². The summed E-state index contributed by atoms with van der Waals surface area (Å²) >= 11 is 0. The van der Waals surface area contributed by atoms with Crippen LogP contribution in [0.5, 0.6) is 0 Å². The van der Waals surface area contributed by atoms with Gasteiger partial charge in [0.1, 0.15) is 0 Å². The van der Waals surface area contributed by atoms with Crippen LogP contribution in [0.1, 0.15) is 94.2 Å². The van der Waals surface area contributed by atoms with Crippen molar-refractivity contribution in [1.29, 1.82) is 0 Å². The van der Waals surface area contributed by atoms with Crippen LogP contribution in [0.25, 0.3) is 0 Å². The molecule has 1 saturated carbocycles. The van der Waals surface area contributed by atoms with Crippen LogP contribution in [-0.4, -0.2) is 8.42 Å². The molecule has 0 radical (unpaired) electrons. The topological polar surface area (TPSA) is 46.2 Å². The maximum absolute atomic E-state index is 13.1. The van der Waals surface area contributed by atoms with Crippen LogP contribution in [0.2, 0.25) is 0 Å². The van der Waals surface area contributed by atoms with Gasteiger partial charge in [0.15, 0.2) is 0 Å². The number of sulfonamides is 1. The Bertz CT molecular complexity index is 866. The van der Waals surface area contributed by atoms with Gasteiger partial charge >= 0.3 is 0 Å². The van der Waals surface area contributed by atoms with E-state index in [1.807, 2.05) is 30.3 Å². The Kier molecular flexibility index (Phi) is 6.49. The second-order valence-electron chi connectivity index (χ2n) is 8.63. The lowest BCUT2D eigenvalue weighted by Gasteiger charge is -2.23. The lowest BCUT2D eigenvalue weighted by atomic mass is 9.84. The van der Waals surface area contributed by atoms with E-state index >= 15 is 0 Å². The predicted octanol–water partition coefficient (Wildman–Crippen LogP) is 6.78. The summed E-state index contributed by atoms with van der Waals surface area (Å²) in [4.78, 5) is 0.334. The fourth-order valence-electron chi connectivity index (χ4n) is 4.22. The minimum absolute atomic E-state index is 0.241. The second-order valence-corrected chi connectivity index (χ2v) is 10.3. The molecule has 1 fully saturated rings. The molecule has 0 saturated heterocycles. The molecule has 1 aliphatic rings. The number of nitrogens with one attached hydrogen (secondary N) is 1. The van der Waals surface area contributed by atoms with E-state index in [1.54, 1.807) is 12.1 Å². The molecule has 152 valence electrons. The SMILES string of the molecule is CC(C)c1cccc(C(C)C)c1NS(=O)(=O)c1ccc(C2CCCCC2)cc1. The average Bonchev–Trinajstić information content (AvgIpc) is 2.68. The van der Waals surface area contributed by atoms with Crippen molar-refractivity contribution in [2.75, 3.05) is 4.72 Å². The highest BCUT2D eigenvalue weighted by atomic mass is 32.2. The molecule has 4 heteroatoms. The Balaban J connectivity index is 1.90. The van der Waals surface area contributed by atoms with Gasteiger partial charge in [-0.3, -0.25) is 4.72 Å². The van der Waals surface area contributed by atoms with Gasteiger partial charge in [0.05, 0.1) is 10.6 Å². The third-order valence-corrected chi connectivity index (χ3v) is 7.24. The molecule has 2 aromatic carbocycles. The molecule has 2 aromatic rings. The normalized spacial score (nSPS) is 15.9. The van der Waals surface area contributed by atoms with Crippen LogP contribution in [0.3, 0.4) is 0 Å². The van der Waals surface area contributed by atoms with Crippen molar-refractivity contribution in [2.24, 2.45) is 0 Å². The van der Waals surface area contributed by atoms with Gasteiger partial charge in [-0.25, -0.2) is 8.42 Å². The number of hydrogen-bond donors (Lipinski definition) is 1. The van der Waals surface area contributed by atoms with Crippen molar-refractivity contribution < 1.29 is 8.42 Å². The predicted molar refractivity (Wildman–Crippen MR) is 118 cm³/mol. The standard InChI is InChI=1S/C24H33NO2S/c1-17(2)22-11-8-12-23(18(3)4)24(22)25-28(26,27)21-15-13-20(14-16-21)19-9-6-5-7-10-19/h8,11-19,25H,5-7,9-10H2,1-4H3. The zero-order chi connectivity index (χ0) is 20.3. The summed E-state index contributed by atoms with van der Waals surface area (Å²) in [6.45, 7) is 8.37. The van der Waals surface area contributed by atoms with Gasteiger partial charge in [-0.2, -0.15) is 0 Å². The molecule has 0 heterocycles. The van der Waals surface area contributed by atoms with E-state index in [9.17, 15) is 8.42 Å². The number of para-hydroxylation sites is 1. The Morgan fingerprint density at radius 3 is 1.86 bits per heavy atom. The summed E-state index contributed by atoms with van der Waals surface area (Å²) in [5.41, 5.74) is 4.08. The van der Waals surface area contributed by atoms with Crippen molar-refractivity contribution in [3.8, 4) is 0 Å². The highest BCUT2D eigenvalue weighted by Crippen LogP contribution is 2.35. The molecule has 1 aliphatic carbocycles. The van der Waals surface area contributed by atoms with E-state index in [1.165, 1.54) is 37.7 Å². The first-order valence-electron chi connectivity index (χ1n) is 10.5. The molecular formula is C24H33NO2S. The van der Waals surface area contributed by atoms with Crippen molar-refractivity contribution in [1.82, 2.24) is 0 Å². The summed E-state index contributed by atoms with van der Waals surface area (Å²) in [6.07, 6.45) is 6.29. The molecule has 0 unspecified atom stereocenters. The molecule has 0 spiro atoms. The number of anilines is 1. The summed E-state index contributed by atoms with van der Waals surface area (Å²) in [5, 5.41) is 0. The summed E-state index contributed by atoms with van der Waals surface area (Å²) in [6, 6.07) is 13.6. The van der Waals surface area contributed by atoms with Crippen LogP contribution in [-0.2, 0) is 10.0 Å². The lowest BCUT2D eigenvalue weighted by Crippen LogP contribution is -2.17. The lowest BCUT2D eigenvalue weighted by molar-refractivity contribution is 0.443. The molecule has 0 aromatic heterocycles. The Morgan fingerprint density at radius 1 is 0.821 bits per heavy atom. The van der Waals surface area contributed by atoms with Gasteiger partial charge in [-0.05, 0) is 59.4 Å². The monoisotopic (exact) mass is 399 g/mol.